The molecule has 9 nitrogen and oxygen atoms in total. The normalized spacial score (nSPS) is 19.6. The summed E-state index contributed by atoms with van der Waals surface area (Å²) in [6.45, 7) is 7.03. The van der Waals surface area contributed by atoms with Crippen molar-refractivity contribution in [3.8, 4) is 0 Å². The lowest BCUT2D eigenvalue weighted by Gasteiger charge is -2.33. The zero-order valence-corrected chi connectivity index (χ0v) is 22.4. The van der Waals surface area contributed by atoms with Crippen LogP contribution in [0.5, 0.6) is 0 Å². The molecule has 2 aromatic rings. The number of nitrogens with zero attached hydrogens (tertiary/aromatic N) is 5. The van der Waals surface area contributed by atoms with Crippen molar-refractivity contribution in [2.24, 2.45) is 5.92 Å². The molecule has 0 radical (unpaired) electrons. The first-order chi connectivity index (χ1) is 18.6. The molecule has 2 amide bonds. The summed E-state index contributed by atoms with van der Waals surface area (Å²) < 4.78 is 0. The van der Waals surface area contributed by atoms with E-state index in [-0.39, 0.29) is 17.7 Å². The summed E-state index contributed by atoms with van der Waals surface area (Å²) >= 11 is 0. The molecule has 3 aliphatic rings. The van der Waals surface area contributed by atoms with E-state index in [2.05, 4.69) is 61.0 Å². The Morgan fingerprint density at radius 3 is 2.39 bits per heavy atom. The topological polar surface area (TPSA) is 93.7 Å². The molecule has 1 aromatic heterocycles. The van der Waals surface area contributed by atoms with Crippen LogP contribution in [0.3, 0.4) is 0 Å². The Labute approximate surface area is 226 Å². The number of carbonyl (C=O) groups is 2. The molecular weight excluding hydrogens is 478 g/mol. The monoisotopic (exact) mass is 519 g/mol. The summed E-state index contributed by atoms with van der Waals surface area (Å²) in [7, 11) is 0. The van der Waals surface area contributed by atoms with Gasteiger partial charge in [0.05, 0.1) is 0 Å². The van der Waals surface area contributed by atoms with Gasteiger partial charge in [-0.05, 0) is 56.2 Å². The van der Waals surface area contributed by atoms with Gasteiger partial charge in [-0.3, -0.25) is 14.5 Å². The van der Waals surface area contributed by atoms with E-state index >= 15 is 0 Å². The van der Waals surface area contributed by atoms with Crippen molar-refractivity contribution < 1.29 is 9.59 Å². The van der Waals surface area contributed by atoms with Gasteiger partial charge in [0.1, 0.15) is 5.82 Å². The Morgan fingerprint density at radius 2 is 1.71 bits per heavy atom. The van der Waals surface area contributed by atoms with Gasteiger partial charge in [-0.1, -0.05) is 30.3 Å². The standard InChI is InChI=1S/C29H41N7O2/c37-28-8-4-16-36(28)17-5-15-30-29(38)24-11-20-35(21-12-24)27-10-9-26(32-33-27)31-25-13-18-34(19-14-25)22-23-6-2-1-3-7-23/h1-3,6-7,9-10,24-25H,4-5,8,11-22H2,(H,30,38)(H,31,32). The van der Waals surface area contributed by atoms with Gasteiger partial charge in [0.2, 0.25) is 11.8 Å². The van der Waals surface area contributed by atoms with E-state index in [1.165, 1.54) is 5.56 Å². The van der Waals surface area contributed by atoms with E-state index in [1.807, 2.05) is 17.0 Å². The van der Waals surface area contributed by atoms with Gasteiger partial charge in [-0.25, -0.2) is 0 Å². The van der Waals surface area contributed by atoms with Gasteiger partial charge >= 0.3 is 0 Å². The second-order valence-corrected chi connectivity index (χ2v) is 10.8. The van der Waals surface area contributed by atoms with Crippen molar-refractivity contribution in [1.29, 1.82) is 0 Å². The summed E-state index contributed by atoms with van der Waals surface area (Å²) in [4.78, 5) is 30.9. The molecule has 9 heteroatoms. The molecule has 0 spiro atoms. The fourth-order valence-corrected chi connectivity index (χ4v) is 5.79. The number of likely N-dealkylation sites (tertiary alicyclic amines) is 2. The third kappa shape index (κ3) is 7.22. The second kappa shape index (κ2) is 13.0. The summed E-state index contributed by atoms with van der Waals surface area (Å²) in [5, 5.41) is 15.6. The smallest absolute Gasteiger partial charge is 0.223 e. The third-order valence-electron chi connectivity index (χ3n) is 8.10. The fraction of sp³-hybridized carbons (Fsp3) is 0.586. The van der Waals surface area contributed by atoms with Crippen molar-refractivity contribution in [2.75, 3.05) is 56.0 Å². The van der Waals surface area contributed by atoms with Gasteiger partial charge in [-0.2, -0.15) is 0 Å². The molecule has 1 aromatic carbocycles. The first-order valence-electron chi connectivity index (χ1n) is 14.3. The first-order valence-corrected chi connectivity index (χ1v) is 14.3. The Hall–Kier alpha value is -3.20. The minimum atomic E-state index is 0.0429. The number of aromatic nitrogens is 2. The molecule has 0 bridgehead atoms. The number of amides is 2. The van der Waals surface area contributed by atoms with Crippen LogP contribution in [-0.2, 0) is 16.1 Å². The predicted molar refractivity (Wildman–Crippen MR) is 149 cm³/mol. The van der Waals surface area contributed by atoms with Crippen LogP contribution in [0, 0.1) is 5.92 Å². The molecule has 4 heterocycles. The average molecular weight is 520 g/mol. The van der Waals surface area contributed by atoms with Crippen molar-refractivity contribution >= 4 is 23.5 Å². The van der Waals surface area contributed by atoms with Crippen molar-refractivity contribution in [2.45, 2.75) is 57.5 Å². The van der Waals surface area contributed by atoms with E-state index in [9.17, 15) is 9.59 Å². The second-order valence-electron chi connectivity index (χ2n) is 10.8. The van der Waals surface area contributed by atoms with Crippen LogP contribution < -0.4 is 15.5 Å². The Kier molecular flexibility index (Phi) is 9.06. The van der Waals surface area contributed by atoms with E-state index < -0.39 is 0 Å². The highest BCUT2D eigenvalue weighted by atomic mass is 16.2. The quantitative estimate of drug-likeness (QED) is 0.466. The van der Waals surface area contributed by atoms with Crippen LogP contribution in [0.4, 0.5) is 11.6 Å². The molecule has 3 saturated heterocycles. The lowest BCUT2D eigenvalue weighted by atomic mass is 9.96. The van der Waals surface area contributed by atoms with Gasteiger partial charge < -0.3 is 20.4 Å². The maximum absolute atomic E-state index is 12.6. The zero-order chi connectivity index (χ0) is 26.2. The number of anilines is 2. The van der Waals surface area contributed by atoms with E-state index in [0.717, 1.165) is 96.0 Å². The number of benzene rings is 1. The number of hydrogen-bond donors (Lipinski definition) is 2. The zero-order valence-electron chi connectivity index (χ0n) is 22.4. The van der Waals surface area contributed by atoms with E-state index in [0.29, 0.717) is 19.0 Å². The molecule has 204 valence electrons. The van der Waals surface area contributed by atoms with Crippen LogP contribution in [0.15, 0.2) is 42.5 Å². The highest BCUT2D eigenvalue weighted by Crippen LogP contribution is 2.23. The number of hydrogen-bond acceptors (Lipinski definition) is 7. The molecule has 0 saturated carbocycles. The van der Waals surface area contributed by atoms with Gasteiger partial charge in [0.15, 0.2) is 5.82 Å². The highest BCUT2D eigenvalue weighted by Gasteiger charge is 2.26. The fourth-order valence-electron chi connectivity index (χ4n) is 5.79. The Morgan fingerprint density at radius 1 is 0.921 bits per heavy atom. The number of carbonyl (C=O) groups excluding carboxylic acids is 2. The van der Waals surface area contributed by atoms with Gasteiger partial charge in [-0.15, -0.1) is 10.2 Å². The lowest BCUT2D eigenvalue weighted by molar-refractivity contribution is -0.127. The van der Waals surface area contributed by atoms with Crippen LogP contribution in [0.25, 0.3) is 0 Å². The minimum Gasteiger partial charge on any atom is -0.366 e. The Balaban J connectivity index is 0.985. The van der Waals surface area contributed by atoms with E-state index in [4.69, 9.17) is 0 Å². The lowest BCUT2D eigenvalue weighted by Crippen LogP contribution is -2.41. The maximum atomic E-state index is 12.6. The van der Waals surface area contributed by atoms with Crippen LogP contribution in [0.2, 0.25) is 0 Å². The van der Waals surface area contributed by atoms with Crippen LogP contribution in [-0.4, -0.2) is 83.7 Å². The molecule has 38 heavy (non-hydrogen) atoms. The average Bonchev–Trinajstić information content (AvgIpc) is 3.37. The minimum absolute atomic E-state index is 0.0429. The molecule has 0 aliphatic carbocycles. The highest BCUT2D eigenvalue weighted by molar-refractivity contribution is 5.79. The molecular formula is C29H41N7O2. The molecule has 2 N–H and O–H groups in total. The number of nitrogens with one attached hydrogen (secondary N) is 2. The molecule has 0 atom stereocenters. The number of piperidine rings is 2. The first kappa shape index (κ1) is 26.4. The molecule has 5 rings (SSSR count). The van der Waals surface area contributed by atoms with Crippen molar-refractivity contribution in [1.82, 2.24) is 25.3 Å². The van der Waals surface area contributed by atoms with Crippen molar-refractivity contribution in [3.63, 3.8) is 0 Å². The number of rotatable bonds is 10. The van der Waals surface area contributed by atoms with Crippen molar-refractivity contribution in [3.05, 3.63) is 48.0 Å². The molecule has 3 fully saturated rings. The molecule has 3 aliphatic heterocycles. The SMILES string of the molecule is O=C(NCCCN1CCCC1=O)C1CCN(c2ccc(NC3CCN(Cc4ccccc4)CC3)nn2)CC1. The van der Waals surface area contributed by atoms with Gasteiger partial charge in [0.25, 0.3) is 0 Å². The van der Waals surface area contributed by atoms with E-state index in [1.54, 1.807) is 0 Å². The summed E-state index contributed by atoms with van der Waals surface area (Å²) in [5.74, 6) is 2.14. The van der Waals surface area contributed by atoms with Gasteiger partial charge in [0, 0.05) is 70.7 Å². The predicted octanol–water partition coefficient (Wildman–Crippen LogP) is 2.90. The summed E-state index contributed by atoms with van der Waals surface area (Å²) in [5.41, 5.74) is 1.37. The largest absolute Gasteiger partial charge is 0.366 e. The molecule has 0 unspecified atom stereocenters. The maximum Gasteiger partial charge on any atom is 0.223 e. The Bertz CT molecular complexity index is 1030. The van der Waals surface area contributed by atoms with Crippen LogP contribution in [0.1, 0.15) is 50.5 Å². The summed E-state index contributed by atoms with van der Waals surface area (Å²) in [6.07, 6.45) is 6.29. The summed E-state index contributed by atoms with van der Waals surface area (Å²) in [6, 6.07) is 15.2. The third-order valence-corrected chi connectivity index (χ3v) is 8.10. The van der Waals surface area contributed by atoms with Crippen LogP contribution >= 0.6 is 0 Å².